The SMILES string of the molecule is O.O.O.O.O.O.[Fe].[O-][Cl+2]([O-])O. The molecule has 11 heavy (non-hydrogen) atoms. The zero-order chi connectivity index (χ0) is 3.58. The Labute approximate surface area is 75.4 Å². The first kappa shape index (κ1) is 105. The van der Waals surface area contributed by atoms with E-state index in [2.05, 4.69) is 0 Å². The van der Waals surface area contributed by atoms with E-state index in [-0.39, 0.29) is 49.9 Å². The summed E-state index contributed by atoms with van der Waals surface area (Å²) >= 11 is 0. The molecule has 0 spiro atoms. The third-order valence-corrected chi connectivity index (χ3v) is 0. The monoisotopic (exact) mass is 248 g/mol. The van der Waals surface area contributed by atoms with E-state index in [0.29, 0.717) is 0 Å². The third kappa shape index (κ3) is 3690. The maximum Gasteiger partial charge on any atom is 0.282 e. The molecule has 0 heterocycles. The molecule has 0 atom stereocenters. The van der Waals surface area contributed by atoms with Crippen LogP contribution in [0.15, 0.2) is 0 Å². The van der Waals surface area contributed by atoms with E-state index in [4.69, 9.17) is 14.0 Å². The van der Waals surface area contributed by atoms with Crippen LogP contribution in [0.1, 0.15) is 0 Å². The summed E-state index contributed by atoms with van der Waals surface area (Å²) in [5.41, 5.74) is 0. The molecule has 0 fully saturated rings. The molecule has 9 nitrogen and oxygen atoms in total. The smallest absolute Gasteiger partial charge is 0.282 e. The molecule has 0 aromatic heterocycles. The average Bonchev–Trinajstić information content (AvgIpc) is 0.811. The van der Waals surface area contributed by atoms with Crippen molar-refractivity contribution < 1.29 is 74.7 Å². The van der Waals surface area contributed by atoms with Crippen molar-refractivity contribution in [2.75, 3.05) is 0 Å². The van der Waals surface area contributed by atoms with Crippen LogP contribution in [0.5, 0.6) is 0 Å². The fraction of sp³-hybridized carbons (Fsp3) is 0. The minimum Gasteiger partial charge on any atom is -0.412 e. The van der Waals surface area contributed by atoms with Gasteiger partial charge in [-0.3, -0.25) is 0 Å². The Hall–Kier alpha value is 0.449. The molecular formula is H13ClFeO9. The standard InChI is InChI=1S/ClHO3.Fe.6H2O/c2-1(3)4;;;;;;;/h2H;;6*1H2. The molecule has 11 heteroatoms. The van der Waals surface area contributed by atoms with E-state index in [9.17, 15) is 0 Å². The molecule has 0 unspecified atom stereocenters. The first-order chi connectivity index (χ1) is 1.73. The van der Waals surface area contributed by atoms with E-state index in [1.165, 1.54) is 0 Å². The zero-order valence-corrected chi connectivity index (χ0v) is 6.86. The fourth-order valence-electron chi connectivity index (χ4n) is 0. The Morgan fingerprint density at radius 1 is 0.727 bits per heavy atom. The first-order valence-electron chi connectivity index (χ1n) is 0.478. The molecule has 0 radical (unpaired) electrons. The second-order valence-electron chi connectivity index (χ2n) is 0.201. The van der Waals surface area contributed by atoms with Gasteiger partial charge in [-0.2, -0.15) is 0 Å². The van der Waals surface area contributed by atoms with Crippen LogP contribution in [-0.4, -0.2) is 37.5 Å². The maximum absolute atomic E-state index is 8.52. The molecule has 0 saturated carbocycles. The predicted molar refractivity (Wildman–Crippen MR) is 23.9 cm³/mol. The van der Waals surface area contributed by atoms with Crippen molar-refractivity contribution in [2.45, 2.75) is 0 Å². The van der Waals surface area contributed by atoms with Crippen LogP contribution < -0.4 is 9.32 Å². The minimum absolute atomic E-state index is 0. The van der Waals surface area contributed by atoms with Crippen LogP contribution in [0.4, 0.5) is 0 Å². The van der Waals surface area contributed by atoms with Crippen LogP contribution in [0, 0.1) is 10.8 Å². The van der Waals surface area contributed by atoms with Crippen molar-refractivity contribution in [3.05, 3.63) is 0 Å². The number of hydrogen-bond donors (Lipinski definition) is 1. The molecule has 0 bridgehead atoms. The Bertz CT molecular complexity index is 14.3. The van der Waals surface area contributed by atoms with Crippen LogP contribution >= 0.6 is 0 Å². The summed E-state index contributed by atoms with van der Waals surface area (Å²) in [6.45, 7) is 0. The summed E-state index contributed by atoms with van der Waals surface area (Å²) in [5.74, 6) is 0. The van der Waals surface area contributed by atoms with Gasteiger partial charge >= 0.3 is 0 Å². The first-order valence-corrected chi connectivity index (χ1v) is 1.43. The van der Waals surface area contributed by atoms with E-state index in [1.807, 2.05) is 0 Å². The van der Waals surface area contributed by atoms with Gasteiger partial charge in [0.15, 0.2) is 0 Å². The van der Waals surface area contributed by atoms with E-state index < -0.39 is 10.8 Å². The molecule has 0 saturated heterocycles. The van der Waals surface area contributed by atoms with Gasteiger partial charge in [-0.1, -0.05) is 0 Å². The number of halogens is 1. The molecule has 0 aliphatic carbocycles. The van der Waals surface area contributed by atoms with E-state index in [0.717, 1.165) is 0 Å². The second kappa shape index (κ2) is 78.4. The molecule has 0 aliphatic heterocycles. The van der Waals surface area contributed by atoms with Crippen molar-refractivity contribution in [1.82, 2.24) is 0 Å². The van der Waals surface area contributed by atoms with Gasteiger partial charge in [-0.05, 0) is 0 Å². The van der Waals surface area contributed by atoms with Crippen LogP contribution in [-0.2, 0) is 17.1 Å². The minimum atomic E-state index is -2.60. The van der Waals surface area contributed by atoms with Gasteiger partial charge < -0.3 is 42.2 Å². The summed E-state index contributed by atoms with van der Waals surface area (Å²) in [4.78, 5) is 0. The van der Waals surface area contributed by atoms with Gasteiger partial charge in [0.1, 0.15) is 0 Å². The summed E-state index contributed by atoms with van der Waals surface area (Å²) < 4.78 is 24.0. The Kier molecular flexibility index (Phi) is 749. The normalized spacial score (nSPS) is 3.27. The van der Waals surface area contributed by atoms with E-state index >= 15 is 0 Å². The van der Waals surface area contributed by atoms with Crippen molar-refractivity contribution in [3.8, 4) is 0 Å². The van der Waals surface area contributed by atoms with Crippen molar-refractivity contribution in [2.24, 2.45) is 0 Å². The predicted octanol–water partition coefficient (Wildman–Crippen LogP) is -7.89. The van der Waals surface area contributed by atoms with Crippen molar-refractivity contribution in [3.63, 3.8) is 0 Å². The maximum atomic E-state index is 8.52. The Morgan fingerprint density at radius 2 is 0.727 bits per heavy atom. The van der Waals surface area contributed by atoms with Crippen molar-refractivity contribution in [1.29, 1.82) is 0 Å². The van der Waals surface area contributed by atoms with Crippen LogP contribution in [0.25, 0.3) is 0 Å². The topological polar surface area (TPSA) is 255 Å². The van der Waals surface area contributed by atoms with Crippen LogP contribution in [0.2, 0.25) is 0 Å². The fourth-order valence-corrected chi connectivity index (χ4v) is 0. The van der Waals surface area contributed by atoms with Crippen molar-refractivity contribution >= 4 is 0 Å². The summed E-state index contributed by atoms with van der Waals surface area (Å²) in [5, 5.41) is 0. The third-order valence-electron chi connectivity index (χ3n) is 0. The van der Waals surface area contributed by atoms with E-state index in [1.54, 1.807) is 0 Å². The largest absolute Gasteiger partial charge is 0.412 e. The van der Waals surface area contributed by atoms with Crippen LogP contribution in [0.3, 0.4) is 0 Å². The molecule has 0 rings (SSSR count). The molecule has 13 N–H and O–H groups in total. The molecule has 0 aromatic carbocycles. The second-order valence-corrected chi connectivity index (χ2v) is 0.603. The Balaban J connectivity index is -0.00000000214. The van der Waals surface area contributed by atoms with Gasteiger partial charge in [0.2, 0.25) is 0 Å². The van der Waals surface area contributed by atoms with Gasteiger partial charge in [0.25, 0.3) is 10.8 Å². The summed E-state index contributed by atoms with van der Waals surface area (Å²) in [6, 6.07) is 0. The number of rotatable bonds is 0. The molecule has 0 aromatic rings. The molecule has 82 valence electrons. The summed E-state index contributed by atoms with van der Waals surface area (Å²) in [6.07, 6.45) is 0. The average molecular weight is 248 g/mol. The molecule has 0 amide bonds. The quantitative estimate of drug-likeness (QED) is 0.409. The zero-order valence-electron chi connectivity index (χ0n) is 5.00. The molecule has 0 aliphatic rings. The number of hydrogen-bond acceptors (Lipinski definition) is 3. The van der Waals surface area contributed by atoms with Gasteiger partial charge in [-0.25, -0.2) is 0 Å². The Morgan fingerprint density at radius 3 is 0.727 bits per heavy atom. The van der Waals surface area contributed by atoms with Gasteiger partial charge in [-0.15, -0.1) is 0 Å². The van der Waals surface area contributed by atoms with Gasteiger partial charge in [0, 0.05) is 21.7 Å². The van der Waals surface area contributed by atoms with Gasteiger partial charge in [0.05, 0.1) is 0 Å². The summed E-state index contributed by atoms with van der Waals surface area (Å²) in [7, 11) is -2.60. The molecular weight excluding hydrogens is 235 g/mol.